The van der Waals surface area contributed by atoms with Crippen molar-refractivity contribution in [1.29, 1.82) is 5.26 Å². The number of Topliss-reactive ketones (excluding diaryl/α,β-unsaturated/α-hetero) is 1. The van der Waals surface area contributed by atoms with Crippen molar-refractivity contribution in [3.8, 4) is 6.07 Å². The molecule has 4 nitrogen and oxygen atoms in total. The topological polar surface area (TPSA) is 84.0 Å². The fraction of sp³-hybridized carbons (Fsp3) is 0.750. The van der Waals surface area contributed by atoms with Gasteiger partial charge in [0.25, 0.3) is 0 Å². The zero-order valence-corrected chi connectivity index (χ0v) is 20.3. The molecule has 0 amide bonds. The molecule has 8 unspecified atom stereocenters. The van der Waals surface area contributed by atoms with Crippen LogP contribution in [0.3, 0.4) is 0 Å². The smallest absolute Gasteiger partial charge is 0.176 e. The van der Waals surface area contributed by atoms with E-state index in [1.807, 2.05) is 19.1 Å². The standard InChI is InChI=1S/C28H38N2O2/c1-16-18-6-8-26(4)19-7-9-28(30)11-10-25(2,3)14-20(28)23(19)21(31)12-22(26)27(18,5)13-17(15-29)24(16)32/h12-13,16,18-20,23H,6-11,14,30H2,1-5H3. The number of hydrogen-bond acceptors (Lipinski definition) is 4. The average molecular weight is 435 g/mol. The van der Waals surface area contributed by atoms with Gasteiger partial charge in [-0.25, -0.2) is 0 Å². The number of rotatable bonds is 0. The summed E-state index contributed by atoms with van der Waals surface area (Å²) in [7, 11) is 0. The largest absolute Gasteiger partial charge is 0.325 e. The molecule has 172 valence electrons. The van der Waals surface area contributed by atoms with Crippen molar-refractivity contribution in [3.63, 3.8) is 0 Å². The Morgan fingerprint density at radius 3 is 2.38 bits per heavy atom. The van der Waals surface area contributed by atoms with Crippen molar-refractivity contribution >= 4 is 11.6 Å². The van der Waals surface area contributed by atoms with Crippen LogP contribution in [0.4, 0.5) is 0 Å². The fourth-order valence-corrected chi connectivity index (χ4v) is 8.94. The summed E-state index contributed by atoms with van der Waals surface area (Å²) in [6.45, 7) is 11.2. The third kappa shape index (κ3) is 2.76. The highest BCUT2D eigenvalue weighted by Gasteiger charge is 2.63. The molecule has 4 heteroatoms. The van der Waals surface area contributed by atoms with Gasteiger partial charge in [0.1, 0.15) is 6.07 Å². The Hall–Kier alpha value is -1.73. The molecule has 0 aromatic heterocycles. The van der Waals surface area contributed by atoms with E-state index in [-0.39, 0.29) is 57.2 Å². The predicted octanol–water partition coefficient (Wildman–Crippen LogP) is 5.14. The normalized spacial score (nSPS) is 49.5. The van der Waals surface area contributed by atoms with Gasteiger partial charge in [-0.15, -0.1) is 0 Å². The SMILES string of the molecule is CC1C(=O)C(C#N)=CC2(C)C3=CC(=O)C4C5CC(C)(C)CCC5(N)CCC4C3(C)CCC12. The van der Waals surface area contributed by atoms with Crippen molar-refractivity contribution in [2.45, 2.75) is 85.1 Å². The van der Waals surface area contributed by atoms with Gasteiger partial charge in [-0.2, -0.15) is 5.26 Å². The van der Waals surface area contributed by atoms with Crippen molar-refractivity contribution in [2.75, 3.05) is 0 Å². The molecule has 2 N–H and O–H groups in total. The van der Waals surface area contributed by atoms with Crippen LogP contribution in [0.2, 0.25) is 0 Å². The van der Waals surface area contributed by atoms with Crippen LogP contribution >= 0.6 is 0 Å². The first-order valence-corrected chi connectivity index (χ1v) is 12.6. The Kier molecular flexibility index (Phi) is 4.59. The lowest BCUT2D eigenvalue weighted by molar-refractivity contribution is -0.138. The minimum Gasteiger partial charge on any atom is -0.325 e. The Balaban J connectivity index is 1.63. The number of nitriles is 1. The minimum atomic E-state index is -0.408. The molecule has 0 aromatic rings. The van der Waals surface area contributed by atoms with Crippen molar-refractivity contribution in [3.05, 3.63) is 23.3 Å². The predicted molar refractivity (Wildman–Crippen MR) is 124 cm³/mol. The van der Waals surface area contributed by atoms with E-state index in [2.05, 4.69) is 33.8 Å². The monoisotopic (exact) mass is 434 g/mol. The van der Waals surface area contributed by atoms with Gasteiger partial charge in [0.05, 0.1) is 5.57 Å². The van der Waals surface area contributed by atoms with Crippen molar-refractivity contribution in [1.82, 2.24) is 0 Å². The molecule has 3 fully saturated rings. The van der Waals surface area contributed by atoms with Gasteiger partial charge < -0.3 is 5.73 Å². The summed E-state index contributed by atoms with van der Waals surface area (Å²) in [4.78, 5) is 26.6. The fourth-order valence-electron chi connectivity index (χ4n) is 8.94. The summed E-state index contributed by atoms with van der Waals surface area (Å²) in [5.74, 6) is 0.739. The van der Waals surface area contributed by atoms with Gasteiger partial charge in [-0.05, 0) is 79.6 Å². The molecule has 8 atom stereocenters. The third-order valence-electron chi connectivity index (χ3n) is 10.8. The second-order valence-corrected chi connectivity index (χ2v) is 13.0. The van der Waals surface area contributed by atoms with Gasteiger partial charge in [-0.3, -0.25) is 9.59 Å². The van der Waals surface area contributed by atoms with Gasteiger partial charge in [0.15, 0.2) is 11.6 Å². The summed E-state index contributed by atoms with van der Waals surface area (Å²) in [6, 6.07) is 2.15. The molecular weight excluding hydrogens is 396 g/mol. The van der Waals surface area contributed by atoms with E-state index in [4.69, 9.17) is 5.73 Å². The number of fused-ring (bicyclic) bond motifs is 7. The maximum atomic E-state index is 13.9. The molecule has 0 aliphatic heterocycles. The van der Waals surface area contributed by atoms with Gasteiger partial charge in [0.2, 0.25) is 0 Å². The molecule has 5 aliphatic carbocycles. The van der Waals surface area contributed by atoms with Gasteiger partial charge >= 0.3 is 0 Å². The van der Waals surface area contributed by atoms with Crippen molar-refractivity contribution < 1.29 is 9.59 Å². The molecule has 0 saturated heterocycles. The van der Waals surface area contributed by atoms with Crippen LogP contribution in [0.25, 0.3) is 0 Å². The molecule has 0 spiro atoms. The van der Waals surface area contributed by atoms with Crippen LogP contribution in [-0.2, 0) is 9.59 Å². The molecule has 0 heterocycles. The number of hydrogen-bond donors (Lipinski definition) is 1. The van der Waals surface area contributed by atoms with E-state index in [1.54, 1.807) is 0 Å². The van der Waals surface area contributed by atoms with E-state index >= 15 is 0 Å². The quantitative estimate of drug-likeness (QED) is 0.572. The zero-order chi connectivity index (χ0) is 23.3. The molecule has 32 heavy (non-hydrogen) atoms. The summed E-state index contributed by atoms with van der Waals surface area (Å²) in [5, 5.41) is 9.65. The zero-order valence-electron chi connectivity index (χ0n) is 20.3. The van der Waals surface area contributed by atoms with Crippen LogP contribution in [0.1, 0.15) is 79.6 Å². The molecular formula is C28H38N2O2. The first kappa shape index (κ1) is 22.1. The second kappa shape index (κ2) is 6.66. The highest BCUT2D eigenvalue weighted by molar-refractivity contribution is 6.02. The van der Waals surface area contributed by atoms with Gasteiger partial charge in [0, 0.05) is 22.8 Å². The highest BCUT2D eigenvalue weighted by Crippen LogP contribution is 2.67. The van der Waals surface area contributed by atoms with E-state index in [0.29, 0.717) is 5.92 Å². The summed E-state index contributed by atoms with van der Waals surface area (Å²) in [6.07, 6.45) is 11.0. The van der Waals surface area contributed by atoms with Crippen LogP contribution in [0.5, 0.6) is 0 Å². The Morgan fingerprint density at radius 1 is 1.00 bits per heavy atom. The van der Waals surface area contributed by atoms with E-state index in [9.17, 15) is 14.9 Å². The third-order valence-corrected chi connectivity index (χ3v) is 10.8. The maximum Gasteiger partial charge on any atom is 0.176 e. The number of nitrogens with two attached hydrogens (primary N) is 1. The highest BCUT2D eigenvalue weighted by atomic mass is 16.1. The Bertz CT molecular complexity index is 999. The minimum absolute atomic E-state index is 0.00397. The second-order valence-electron chi connectivity index (χ2n) is 13.0. The first-order chi connectivity index (χ1) is 14.9. The average Bonchev–Trinajstić information content (AvgIpc) is 2.72. The number of ketones is 2. The Labute approximate surface area is 192 Å². The van der Waals surface area contributed by atoms with E-state index < -0.39 is 5.41 Å². The molecule has 3 saturated carbocycles. The van der Waals surface area contributed by atoms with Crippen LogP contribution in [-0.4, -0.2) is 17.1 Å². The lowest BCUT2D eigenvalue weighted by Crippen LogP contribution is -2.64. The number of carbonyl (C=O) groups excluding carboxylic acids is 2. The lowest BCUT2D eigenvalue weighted by atomic mass is 9.40. The molecule has 0 bridgehead atoms. The summed E-state index contributed by atoms with van der Waals surface area (Å²) in [5.41, 5.74) is 7.99. The number of nitrogens with zero attached hydrogens (tertiary/aromatic N) is 1. The van der Waals surface area contributed by atoms with E-state index in [1.165, 1.54) is 5.57 Å². The summed E-state index contributed by atoms with van der Waals surface area (Å²) < 4.78 is 0. The molecule has 5 rings (SSSR count). The first-order valence-electron chi connectivity index (χ1n) is 12.6. The van der Waals surface area contributed by atoms with Crippen LogP contribution < -0.4 is 5.73 Å². The van der Waals surface area contributed by atoms with E-state index in [0.717, 1.165) is 44.9 Å². The molecule has 5 aliphatic rings. The Morgan fingerprint density at radius 2 is 1.69 bits per heavy atom. The lowest BCUT2D eigenvalue weighted by Gasteiger charge is -2.63. The molecule has 0 aromatic carbocycles. The molecule has 0 radical (unpaired) electrons. The number of allylic oxidation sites excluding steroid dienone is 4. The van der Waals surface area contributed by atoms with Gasteiger partial charge in [-0.1, -0.05) is 46.3 Å². The van der Waals surface area contributed by atoms with Crippen LogP contribution in [0.15, 0.2) is 23.3 Å². The summed E-state index contributed by atoms with van der Waals surface area (Å²) >= 11 is 0. The van der Waals surface area contributed by atoms with Crippen LogP contribution in [0, 0.1) is 57.2 Å². The number of carbonyl (C=O) groups is 2. The maximum absolute atomic E-state index is 13.9. The van der Waals surface area contributed by atoms with Crippen molar-refractivity contribution in [2.24, 2.45) is 51.6 Å².